The first-order chi connectivity index (χ1) is 8.22. The second-order valence-corrected chi connectivity index (χ2v) is 5.31. The number of nitrogens with zero attached hydrogens (tertiary/aromatic N) is 1. The summed E-state index contributed by atoms with van der Waals surface area (Å²) in [5, 5.41) is 3.66. The molecule has 1 N–H and O–H groups in total. The number of halogens is 1. The maximum absolute atomic E-state index is 13.2. The quantitative estimate of drug-likeness (QED) is 0.864. The maximum Gasteiger partial charge on any atom is 0.126 e. The monoisotopic (exact) mass is 234 g/mol. The summed E-state index contributed by atoms with van der Waals surface area (Å²) in [6, 6.07) is 6.81. The Labute approximate surface area is 102 Å². The van der Waals surface area contributed by atoms with E-state index >= 15 is 0 Å². The molecule has 3 heteroatoms. The van der Waals surface area contributed by atoms with Crippen LogP contribution in [0, 0.1) is 12.7 Å². The van der Waals surface area contributed by atoms with Gasteiger partial charge in [0, 0.05) is 30.9 Å². The number of hydrogen-bond donors (Lipinski definition) is 1. The second-order valence-electron chi connectivity index (χ2n) is 5.31. The van der Waals surface area contributed by atoms with E-state index in [-0.39, 0.29) is 5.82 Å². The lowest BCUT2D eigenvalue weighted by molar-refractivity contribution is 0.548. The Bertz CT molecular complexity index is 415. The van der Waals surface area contributed by atoms with Gasteiger partial charge in [-0.15, -0.1) is 0 Å². The highest BCUT2D eigenvalue weighted by molar-refractivity contribution is 5.50. The standard InChI is InChI=1S/C14H19FN2/c1-10-8-13(4-5-14(10)15)17-7-6-12(9-17)16-11-2-3-11/h4-5,8,11-12,16H,2-3,6-7,9H2,1H3. The van der Waals surface area contributed by atoms with Gasteiger partial charge in [-0.2, -0.15) is 0 Å². The molecule has 2 aliphatic rings. The highest BCUT2D eigenvalue weighted by Gasteiger charge is 2.29. The summed E-state index contributed by atoms with van der Waals surface area (Å²) in [7, 11) is 0. The van der Waals surface area contributed by atoms with Crippen LogP contribution >= 0.6 is 0 Å². The number of benzene rings is 1. The topological polar surface area (TPSA) is 15.3 Å². The molecule has 1 aromatic carbocycles. The average molecular weight is 234 g/mol. The largest absolute Gasteiger partial charge is 0.370 e. The fourth-order valence-corrected chi connectivity index (χ4v) is 2.54. The third-order valence-electron chi connectivity index (χ3n) is 3.74. The number of aryl methyl sites for hydroxylation is 1. The average Bonchev–Trinajstić information content (AvgIpc) is 2.99. The molecule has 1 aliphatic heterocycles. The van der Waals surface area contributed by atoms with Gasteiger partial charge in [-0.05, 0) is 49.9 Å². The van der Waals surface area contributed by atoms with Crippen LogP contribution in [-0.4, -0.2) is 25.2 Å². The van der Waals surface area contributed by atoms with Crippen molar-refractivity contribution in [2.45, 2.75) is 38.3 Å². The molecule has 0 radical (unpaired) electrons. The highest BCUT2D eigenvalue weighted by atomic mass is 19.1. The molecule has 1 atom stereocenters. The molecule has 1 unspecified atom stereocenters. The van der Waals surface area contributed by atoms with Gasteiger partial charge in [-0.25, -0.2) is 4.39 Å². The first kappa shape index (κ1) is 11.0. The molecule has 92 valence electrons. The lowest BCUT2D eigenvalue weighted by Crippen LogP contribution is -2.33. The van der Waals surface area contributed by atoms with Crippen LogP contribution in [0.2, 0.25) is 0 Å². The van der Waals surface area contributed by atoms with Gasteiger partial charge in [0.1, 0.15) is 5.82 Å². The minimum atomic E-state index is -0.111. The predicted molar refractivity (Wildman–Crippen MR) is 67.9 cm³/mol. The van der Waals surface area contributed by atoms with Gasteiger partial charge in [-0.1, -0.05) is 0 Å². The summed E-state index contributed by atoms with van der Waals surface area (Å²) < 4.78 is 13.2. The molecule has 1 aromatic rings. The molecule has 2 fully saturated rings. The highest BCUT2D eigenvalue weighted by Crippen LogP contribution is 2.25. The Hall–Kier alpha value is -1.09. The smallest absolute Gasteiger partial charge is 0.126 e. The summed E-state index contributed by atoms with van der Waals surface area (Å²) in [6.07, 6.45) is 3.88. The third-order valence-corrected chi connectivity index (χ3v) is 3.74. The molecular formula is C14H19FN2. The van der Waals surface area contributed by atoms with Crippen LogP contribution in [-0.2, 0) is 0 Å². The van der Waals surface area contributed by atoms with Gasteiger partial charge in [0.2, 0.25) is 0 Å². The van der Waals surface area contributed by atoms with Crippen molar-refractivity contribution in [3.63, 3.8) is 0 Å². The zero-order valence-electron chi connectivity index (χ0n) is 10.2. The van der Waals surface area contributed by atoms with Gasteiger partial charge in [0.25, 0.3) is 0 Å². The zero-order chi connectivity index (χ0) is 11.8. The SMILES string of the molecule is Cc1cc(N2CCC(NC3CC3)C2)ccc1F. The molecule has 0 bridgehead atoms. The van der Waals surface area contributed by atoms with E-state index in [1.54, 1.807) is 6.07 Å². The lowest BCUT2D eigenvalue weighted by Gasteiger charge is -2.19. The van der Waals surface area contributed by atoms with Gasteiger partial charge in [0.05, 0.1) is 0 Å². The predicted octanol–water partition coefficient (Wildman–Crippen LogP) is 2.46. The van der Waals surface area contributed by atoms with Gasteiger partial charge < -0.3 is 10.2 Å². The molecule has 1 heterocycles. The molecule has 0 amide bonds. The van der Waals surface area contributed by atoms with Crippen LogP contribution in [0.25, 0.3) is 0 Å². The first-order valence-corrected chi connectivity index (χ1v) is 6.49. The Kier molecular flexibility index (Phi) is 2.79. The minimum absolute atomic E-state index is 0.111. The summed E-state index contributed by atoms with van der Waals surface area (Å²) in [6.45, 7) is 3.96. The van der Waals surface area contributed by atoms with E-state index < -0.39 is 0 Å². The minimum Gasteiger partial charge on any atom is -0.370 e. The molecule has 17 heavy (non-hydrogen) atoms. The van der Waals surface area contributed by atoms with E-state index in [1.165, 1.54) is 19.3 Å². The number of hydrogen-bond acceptors (Lipinski definition) is 2. The van der Waals surface area contributed by atoms with Crippen LogP contribution in [0.1, 0.15) is 24.8 Å². The fourth-order valence-electron chi connectivity index (χ4n) is 2.54. The van der Waals surface area contributed by atoms with Crippen molar-refractivity contribution >= 4 is 5.69 Å². The molecule has 1 aliphatic carbocycles. The summed E-state index contributed by atoms with van der Waals surface area (Å²) in [5.74, 6) is -0.111. The van der Waals surface area contributed by atoms with E-state index in [9.17, 15) is 4.39 Å². The maximum atomic E-state index is 13.2. The molecule has 1 saturated heterocycles. The number of nitrogens with one attached hydrogen (secondary N) is 1. The van der Waals surface area contributed by atoms with Crippen molar-refractivity contribution in [3.8, 4) is 0 Å². The third kappa shape index (κ3) is 2.44. The Balaban J connectivity index is 1.66. The van der Waals surface area contributed by atoms with Gasteiger partial charge in [-0.3, -0.25) is 0 Å². The van der Waals surface area contributed by atoms with Crippen LogP contribution in [0.4, 0.5) is 10.1 Å². The van der Waals surface area contributed by atoms with Crippen molar-refractivity contribution < 1.29 is 4.39 Å². The molecule has 0 aromatic heterocycles. The summed E-state index contributed by atoms with van der Waals surface area (Å²) in [5.41, 5.74) is 1.89. The summed E-state index contributed by atoms with van der Waals surface area (Å²) in [4.78, 5) is 2.35. The lowest BCUT2D eigenvalue weighted by atomic mass is 10.2. The van der Waals surface area contributed by atoms with Crippen molar-refractivity contribution in [1.29, 1.82) is 0 Å². The molecular weight excluding hydrogens is 215 g/mol. The van der Waals surface area contributed by atoms with E-state index in [0.717, 1.165) is 30.4 Å². The van der Waals surface area contributed by atoms with Crippen molar-refractivity contribution in [1.82, 2.24) is 5.32 Å². The van der Waals surface area contributed by atoms with Gasteiger partial charge in [0.15, 0.2) is 0 Å². The van der Waals surface area contributed by atoms with Crippen molar-refractivity contribution in [3.05, 3.63) is 29.6 Å². The van der Waals surface area contributed by atoms with Crippen LogP contribution in [0.3, 0.4) is 0 Å². The number of rotatable bonds is 3. The van der Waals surface area contributed by atoms with E-state index in [1.807, 2.05) is 19.1 Å². The molecule has 0 spiro atoms. The Morgan fingerprint density at radius 1 is 1.24 bits per heavy atom. The van der Waals surface area contributed by atoms with E-state index in [0.29, 0.717) is 6.04 Å². The van der Waals surface area contributed by atoms with Crippen LogP contribution in [0.5, 0.6) is 0 Å². The number of anilines is 1. The Morgan fingerprint density at radius 3 is 2.76 bits per heavy atom. The van der Waals surface area contributed by atoms with Gasteiger partial charge >= 0.3 is 0 Å². The Morgan fingerprint density at radius 2 is 2.06 bits per heavy atom. The fraction of sp³-hybridized carbons (Fsp3) is 0.571. The first-order valence-electron chi connectivity index (χ1n) is 6.49. The molecule has 2 nitrogen and oxygen atoms in total. The molecule has 1 saturated carbocycles. The normalized spacial score (nSPS) is 24.4. The van der Waals surface area contributed by atoms with Crippen molar-refractivity contribution in [2.75, 3.05) is 18.0 Å². The summed E-state index contributed by atoms with van der Waals surface area (Å²) >= 11 is 0. The van der Waals surface area contributed by atoms with Crippen molar-refractivity contribution in [2.24, 2.45) is 0 Å². The zero-order valence-corrected chi connectivity index (χ0v) is 10.2. The van der Waals surface area contributed by atoms with Crippen LogP contribution < -0.4 is 10.2 Å². The van der Waals surface area contributed by atoms with E-state index in [2.05, 4.69) is 10.2 Å². The molecule has 3 rings (SSSR count). The second kappa shape index (κ2) is 4.30. The van der Waals surface area contributed by atoms with E-state index in [4.69, 9.17) is 0 Å². The van der Waals surface area contributed by atoms with Crippen LogP contribution in [0.15, 0.2) is 18.2 Å².